The molecule has 2 fully saturated rings. The van der Waals surface area contributed by atoms with Crippen molar-refractivity contribution in [1.82, 2.24) is 20.4 Å². The standard InChI is InChI=1S/C30H37F3N4O5/c1-28(2,3)41-26(39)35-15-14-34-25(38)23-8-4-22(5-9-23)19-37-20-29(42-27(37)40)12-16-36(17-13-29)18-21-6-10-24(11-7-21)30(31,32)33/h4-11H,12-20H2,1-3H3,(H,34,38)(H,35,39). The number of carbonyl (C=O) groups is 3. The van der Waals surface area contributed by atoms with Gasteiger partial charge in [0.05, 0.1) is 12.1 Å². The van der Waals surface area contributed by atoms with Gasteiger partial charge in [0.1, 0.15) is 11.2 Å². The van der Waals surface area contributed by atoms with E-state index in [9.17, 15) is 27.6 Å². The highest BCUT2D eigenvalue weighted by Gasteiger charge is 2.46. The predicted molar refractivity (Wildman–Crippen MR) is 149 cm³/mol. The molecule has 0 aromatic heterocycles. The third-order valence-corrected chi connectivity index (χ3v) is 7.16. The summed E-state index contributed by atoms with van der Waals surface area (Å²) < 4.78 is 49.4. The van der Waals surface area contributed by atoms with Crippen molar-refractivity contribution in [2.45, 2.75) is 64.1 Å². The molecule has 9 nitrogen and oxygen atoms in total. The number of amides is 3. The van der Waals surface area contributed by atoms with Crippen LogP contribution in [-0.4, -0.2) is 71.8 Å². The lowest BCUT2D eigenvalue weighted by molar-refractivity contribution is -0.137. The van der Waals surface area contributed by atoms with Gasteiger partial charge in [-0.3, -0.25) is 14.6 Å². The van der Waals surface area contributed by atoms with Crippen LogP contribution in [0.25, 0.3) is 0 Å². The number of rotatable bonds is 8. The minimum absolute atomic E-state index is 0.227. The molecular formula is C30H37F3N4O5. The van der Waals surface area contributed by atoms with Crippen LogP contribution < -0.4 is 10.6 Å². The third-order valence-electron chi connectivity index (χ3n) is 7.16. The van der Waals surface area contributed by atoms with Crippen LogP contribution in [0, 0.1) is 0 Å². The summed E-state index contributed by atoms with van der Waals surface area (Å²) in [5.41, 5.74) is 0.271. The minimum Gasteiger partial charge on any atom is -0.444 e. The fourth-order valence-electron chi connectivity index (χ4n) is 4.99. The molecule has 4 rings (SSSR count). The number of nitrogens with zero attached hydrogens (tertiary/aromatic N) is 2. The number of halogens is 3. The molecule has 0 saturated carbocycles. The van der Waals surface area contributed by atoms with Crippen LogP contribution >= 0.6 is 0 Å². The molecule has 0 unspecified atom stereocenters. The van der Waals surface area contributed by atoms with Crippen molar-refractivity contribution in [3.8, 4) is 0 Å². The number of piperidine rings is 1. The summed E-state index contributed by atoms with van der Waals surface area (Å²) in [7, 11) is 0. The summed E-state index contributed by atoms with van der Waals surface area (Å²) >= 11 is 0. The molecule has 0 aliphatic carbocycles. The predicted octanol–water partition coefficient (Wildman–Crippen LogP) is 4.95. The first-order valence-electron chi connectivity index (χ1n) is 13.9. The Bertz CT molecular complexity index is 1250. The Morgan fingerprint density at radius 2 is 1.48 bits per heavy atom. The first-order valence-corrected chi connectivity index (χ1v) is 13.9. The van der Waals surface area contributed by atoms with Gasteiger partial charge in [-0.25, -0.2) is 9.59 Å². The quantitative estimate of drug-likeness (QED) is 0.423. The number of carbonyl (C=O) groups excluding carboxylic acids is 3. The van der Waals surface area contributed by atoms with Gasteiger partial charge in [-0.2, -0.15) is 13.2 Å². The van der Waals surface area contributed by atoms with E-state index in [0.29, 0.717) is 51.1 Å². The van der Waals surface area contributed by atoms with Gasteiger partial charge in [-0.1, -0.05) is 24.3 Å². The second kappa shape index (κ2) is 12.6. The van der Waals surface area contributed by atoms with E-state index in [0.717, 1.165) is 23.3 Å². The molecule has 2 aromatic rings. The minimum atomic E-state index is -4.35. The molecule has 2 N–H and O–H groups in total. The van der Waals surface area contributed by atoms with E-state index < -0.39 is 29.0 Å². The highest BCUT2D eigenvalue weighted by molar-refractivity contribution is 5.94. The lowest BCUT2D eigenvalue weighted by Gasteiger charge is -2.37. The smallest absolute Gasteiger partial charge is 0.416 e. The Balaban J connectivity index is 1.20. The molecule has 2 aromatic carbocycles. The van der Waals surface area contributed by atoms with Gasteiger partial charge in [0.15, 0.2) is 0 Å². The Morgan fingerprint density at radius 3 is 2.07 bits per heavy atom. The van der Waals surface area contributed by atoms with Gasteiger partial charge in [-0.15, -0.1) is 0 Å². The van der Waals surface area contributed by atoms with E-state index in [1.165, 1.54) is 12.1 Å². The van der Waals surface area contributed by atoms with E-state index in [2.05, 4.69) is 15.5 Å². The number of hydrogen-bond acceptors (Lipinski definition) is 6. The molecule has 12 heteroatoms. The number of alkyl halides is 3. The highest BCUT2D eigenvalue weighted by Crippen LogP contribution is 2.35. The molecule has 3 amide bonds. The zero-order valence-corrected chi connectivity index (χ0v) is 24.1. The van der Waals surface area contributed by atoms with Crippen LogP contribution in [-0.2, 0) is 28.7 Å². The van der Waals surface area contributed by atoms with Crippen molar-refractivity contribution in [3.63, 3.8) is 0 Å². The van der Waals surface area contributed by atoms with Crippen molar-refractivity contribution in [2.24, 2.45) is 0 Å². The van der Waals surface area contributed by atoms with Crippen LogP contribution in [0.3, 0.4) is 0 Å². The normalized spacial score (nSPS) is 17.2. The van der Waals surface area contributed by atoms with Crippen LogP contribution in [0.15, 0.2) is 48.5 Å². The molecule has 2 heterocycles. The van der Waals surface area contributed by atoms with E-state index in [-0.39, 0.29) is 25.1 Å². The van der Waals surface area contributed by atoms with Gasteiger partial charge in [-0.05, 0) is 56.2 Å². The summed E-state index contributed by atoms with van der Waals surface area (Å²) in [6.07, 6.45) is -4.01. The second-order valence-corrected chi connectivity index (χ2v) is 11.8. The SMILES string of the molecule is CC(C)(C)OC(=O)NCCNC(=O)c1ccc(CN2CC3(CCN(Cc4ccc(C(F)(F)F)cc4)CC3)OC2=O)cc1. The van der Waals surface area contributed by atoms with Crippen LogP contribution in [0.2, 0.25) is 0 Å². The first kappa shape index (κ1) is 31.1. The average Bonchev–Trinajstić information content (AvgIpc) is 3.21. The summed E-state index contributed by atoms with van der Waals surface area (Å²) in [4.78, 5) is 40.6. The molecule has 2 aliphatic heterocycles. The van der Waals surface area contributed by atoms with Crippen molar-refractivity contribution in [1.29, 1.82) is 0 Å². The van der Waals surface area contributed by atoms with Gasteiger partial charge in [0.25, 0.3) is 5.91 Å². The molecule has 228 valence electrons. The lowest BCUT2D eigenvalue weighted by atomic mass is 9.91. The topological polar surface area (TPSA) is 100 Å². The first-order chi connectivity index (χ1) is 19.7. The molecule has 0 atom stereocenters. The van der Waals surface area contributed by atoms with Gasteiger partial charge >= 0.3 is 18.4 Å². The maximum Gasteiger partial charge on any atom is 0.416 e. The average molecular weight is 591 g/mol. The van der Waals surface area contributed by atoms with E-state index in [4.69, 9.17) is 9.47 Å². The van der Waals surface area contributed by atoms with E-state index in [1.54, 1.807) is 49.9 Å². The van der Waals surface area contributed by atoms with Crippen molar-refractivity contribution in [3.05, 3.63) is 70.8 Å². The van der Waals surface area contributed by atoms with Gasteiger partial charge in [0, 0.05) is 57.7 Å². The number of likely N-dealkylation sites (tertiary alicyclic amines) is 1. The van der Waals surface area contributed by atoms with Gasteiger partial charge < -0.3 is 20.1 Å². The van der Waals surface area contributed by atoms with Gasteiger partial charge in [0.2, 0.25) is 0 Å². The van der Waals surface area contributed by atoms with Crippen LogP contribution in [0.5, 0.6) is 0 Å². The number of alkyl carbamates (subject to hydrolysis) is 1. The van der Waals surface area contributed by atoms with Crippen molar-refractivity contribution < 1.29 is 37.0 Å². The number of hydrogen-bond donors (Lipinski definition) is 2. The number of nitrogens with one attached hydrogen (secondary N) is 2. The Kier molecular flexibility index (Phi) is 9.34. The second-order valence-electron chi connectivity index (χ2n) is 11.8. The fourth-order valence-corrected chi connectivity index (χ4v) is 4.99. The van der Waals surface area contributed by atoms with Crippen molar-refractivity contribution in [2.75, 3.05) is 32.7 Å². The lowest BCUT2D eigenvalue weighted by Crippen LogP contribution is -2.46. The Hall–Kier alpha value is -3.80. The molecule has 0 bridgehead atoms. The molecule has 0 radical (unpaired) electrons. The van der Waals surface area contributed by atoms with Crippen LogP contribution in [0.1, 0.15) is 60.7 Å². The molecule has 42 heavy (non-hydrogen) atoms. The molecular weight excluding hydrogens is 553 g/mol. The third kappa shape index (κ3) is 8.60. The molecule has 2 saturated heterocycles. The van der Waals surface area contributed by atoms with Crippen molar-refractivity contribution >= 4 is 18.1 Å². The highest BCUT2D eigenvalue weighted by atomic mass is 19.4. The monoisotopic (exact) mass is 590 g/mol. The molecule has 1 spiro atoms. The largest absolute Gasteiger partial charge is 0.444 e. The maximum absolute atomic E-state index is 12.8. The fraction of sp³-hybridized carbons (Fsp3) is 0.500. The number of benzene rings is 2. The maximum atomic E-state index is 12.8. The van der Waals surface area contributed by atoms with Crippen LogP contribution in [0.4, 0.5) is 22.8 Å². The summed E-state index contributed by atoms with van der Waals surface area (Å²) in [6, 6.07) is 12.2. The zero-order valence-electron chi connectivity index (χ0n) is 24.1. The summed E-state index contributed by atoms with van der Waals surface area (Å²) in [5, 5.41) is 5.32. The Morgan fingerprint density at radius 1 is 0.905 bits per heavy atom. The Labute approximate surface area is 243 Å². The number of ether oxygens (including phenoxy) is 2. The molecule has 2 aliphatic rings. The summed E-state index contributed by atoms with van der Waals surface area (Å²) in [5.74, 6) is -0.282. The van der Waals surface area contributed by atoms with E-state index >= 15 is 0 Å². The zero-order chi connectivity index (χ0) is 30.5. The van der Waals surface area contributed by atoms with E-state index in [1.807, 2.05) is 0 Å². The summed E-state index contributed by atoms with van der Waals surface area (Å²) in [6.45, 7) is 8.43.